The Morgan fingerprint density at radius 3 is 3.17 bits per heavy atom. The molecule has 2 unspecified atom stereocenters. The van der Waals surface area contributed by atoms with E-state index in [9.17, 15) is 4.79 Å². The first kappa shape index (κ1) is 17.9. The molecule has 4 aliphatic rings. The van der Waals surface area contributed by atoms with Crippen molar-refractivity contribution >= 4 is 5.78 Å². The molecule has 1 aromatic rings. The normalized spacial score (nSPS) is 23.3. The highest BCUT2D eigenvalue weighted by molar-refractivity contribution is 6.07. The number of ether oxygens (including phenoxy) is 2. The molecule has 1 aromatic carbocycles. The van der Waals surface area contributed by atoms with Gasteiger partial charge in [-0.3, -0.25) is 4.79 Å². The summed E-state index contributed by atoms with van der Waals surface area (Å²) in [6.45, 7) is 2.53. The molecule has 3 aliphatic heterocycles. The Bertz CT molecular complexity index is 1050. The van der Waals surface area contributed by atoms with Gasteiger partial charge in [0.1, 0.15) is 24.1 Å². The molecule has 0 saturated carbocycles. The van der Waals surface area contributed by atoms with Crippen LogP contribution in [0, 0.1) is 18.3 Å². The molecule has 0 N–H and O–H groups in total. The molecule has 1 aliphatic carbocycles. The third-order valence-electron chi connectivity index (χ3n) is 5.60. The van der Waals surface area contributed by atoms with Crippen molar-refractivity contribution in [2.75, 3.05) is 6.61 Å². The Balaban J connectivity index is 1.24. The molecule has 0 amide bonds. The van der Waals surface area contributed by atoms with Crippen molar-refractivity contribution in [3.63, 3.8) is 0 Å². The second kappa shape index (κ2) is 7.33. The lowest BCUT2D eigenvalue weighted by atomic mass is 9.98. The molecule has 0 bridgehead atoms. The van der Waals surface area contributed by atoms with Crippen molar-refractivity contribution in [3.8, 4) is 23.3 Å². The summed E-state index contributed by atoms with van der Waals surface area (Å²) in [5.74, 6) is 7.75. The predicted octanol–water partition coefficient (Wildman–Crippen LogP) is 3.91. The molecule has 4 heteroatoms. The lowest BCUT2D eigenvalue weighted by molar-refractivity contribution is -0.122. The lowest BCUT2D eigenvalue weighted by Crippen LogP contribution is -2.30. The van der Waals surface area contributed by atoms with Crippen LogP contribution in [0.1, 0.15) is 25.3 Å². The fourth-order valence-corrected chi connectivity index (χ4v) is 3.85. The second-order valence-corrected chi connectivity index (χ2v) is 7.56. The minimum Gasteiger partial charge on any atom is -0.489 e. The molecule has 5 rings (SSSR count). The van der Waals surface area contributed by atoms with Crippen molar-refractivity contribution in [1.29, 1.82) is 0 Å². The Morgan fingerprint density at radius 2 is 2.31 bits per heavy atom. The summed E-state index contributed by atoms with van der Waals surface area (Å²) in [4.78, 5) is 14.7. The number of benzene rings is 1. The minimum absolute atomic E-state index is 0.113. The van der Waals surface area contributed by atoms with E-state index in [4.69, 9.17) is 9.47 Å². The van der Waals surface area contributed by atoms with Gasteiger partial charge in [0, 0.05) is 42.1 Å². The number of aryl methyl sites for hydroxylation is 1. The molecule has 2 atom stereocenters. The van der Waals surface area contributed by atoms with Crippen LogP contribution in [-0.2, 0) is 11.2 Å². The summed E-state index contributed by atoms with van der Waals surface area (Å²) in [7, 11) is 0. The number of hydrogen-bond donors (Lipinski definition) is 0. The maximum atomic E-state index is 12.6. The molecule has 0 aromatic heterocycles. The number of fused-ring (bicyclic) bond motifs is 2. The summed E-state index contributed by atoms with van der Waals surface area (Å²) in [5.41, 5.74) is 4.22. The zero-order valence-corrected chi connectivity index (χ0v) is 16.4. The van der Waals surface area contributed by atoms with Gasteiger partial charge in [0.15, 0.2) is 11.9 Å². The van der Waals surface area contributed by atoms with E-state index >= 15 is 0 Å². The van der Waals surface area contributed by atoms with E-state index in [1.807, 2.05) is 36.9 Å². The number of nitrogens with zero attached hydrogens (tertiary/aromatic N) is 1. The standard InChI is InChI=1S/C25H22NO3/c1-2-18-13-22(18)25(27)23-11-8-19-7-10-21(14-24(19)29-23)28-16-17-6-9-20-5-3-4-12-26(20)15-17/h4,6-7,9-10,12-15,20,23H,2,8,11,16H2,1H3. The van der Waals surface area contributed by atoms with Gasteiger partial charge in [0.25, 0.3) is 0 Å². The highest BCUT2D eigenvalue weighted by atomic mass is 16.5. The highest BCUT2D eigenvalue weighted by Crippen LogP contribution is 2.37. The minimum atomic E-state index is -0.388. The van der Waals surface area contributed by atoms with Crippen LogP contribution in [0.25, 0.3) is 0 Å². The zero-order chi connectivity index (χ0) is 19.8. The number of allylic oxidation sites excluding steroid dienone is 2. The first-order chi connectivity index (χ1) is 14.2. The van der Waals surface area contributed by atoms with Gasteiger partial charge in [-0.05, 0) is 37.0 Å². The lowest BCUT2D eigenvalue weighted by Gasteiger charge is -2.27. The van der Waals surface area contributed by atoms with Gasteiger partial charge in [-0.1, -0.05) is 36.5 Å². The zero-order valence-electron chi connectivity index (χ0n) is 16.4. The number of ketones is 1. The van der Waals surface area contributed by atoms with Crippen molar-refractivity contribution in [3.05, 3.63) is 77.5 Å². The predicted molar refractivity (Wildman–Crippen MR) is 111 cm³/mol. The van der Waals surface area contributed by atoms with Crippen LogP contribution in [0.2, 0.25) is 0 Å². The van der Waals surface area contributed by atoms with Crippen molar-refractivity contribution in [2.45, 2.75) is 38.3 Å². The summed E-state index contributed by atoms with van der Waals surface area (Å²) >= 11 is 0. The highest BCUT2D eigenvalue weighted by Gasteiger charge is 2.35. The van der Waals surface area contributed by atoms with E-state index in [2.05, 4.69) is 42.0 Å². The van der Waals surface area contributed by atoms with Crippen LogP contribution in [-0.4, -0.2) is 29.4 Å². The number of hydrogen-bond acceptors (Lipinski definition) is 4. The molecule has 1 radical (unpaired) electrons. The third-order valence-corrected chi connectivity index (χ3v) is 5.60. The van der Waals surface area contributed by atoms with Crippen LogP contribution in [0.15, 0.2) is 65.5 Å². The van der Waals surface area contributed by atoms with Gasteiger partial charge >= 0.3 is 0 Å². The van der Waals surface area contributed by atoms with Crippen molar-refractivity contribution in [1.82, 2.24) is 4.90 Å². The van der Waals surface area contributed by atoms with Gasteiger partial charge in [-0.15, -0.1) is 0 Å². The van der Waals surface area contributed by atoms with E-state index in [-0.39, 0.29) is 17.9 Å². The maximum absolute atomic E-state index is 12.6. The van der Waals surface area contributed by atoms with E-state index in [0.29, 0.717) is 6.61 Å². The largest absolute Gasteiger partial charge is 0.489 e. The summed E-state index contributed by atoms with van der Waals surface area (Å²) in [6.07, 6.45) is 14.1. The molecule has 3 heterocycles. The van der Waals surface area contributed by atoms with E-state index in [0.717, 1.165) is 53.0 Å². The fraction of sp³-hybridized carbons (Fsp3) is 0.280. The molecule has 0 saturated heterocycles. The van der Waals surface area contributed by atoms with Crippen LogP contribution in [0.5, 0.6) is 11.5 Å². The third kappa shape index (κ3) is 3.61. The first-order valence-corrected chi connectivity index (χ1v) is 10.1. The summed E-state index contributed by atoms with van der Waals surface area (Å²) in [5, 5.41) is 0. The average molecular weight is 384 g/mol. The van der Waals surface area contributed by atoms with Gasteiger partial charge in [-0.2, -0.15) is 0 Å². The second-order valence-electron chi connectivity index (χ2n) is 7.56. The molecule has 4 nitrogen and oxygen atoms in total. The Morgan fingerprint density at radius 1 is 1.38 bits per heavy atom. The Labute approximate surface area is 171 Å². The number of carbonyl (C=O) groups is 1. The van der Waals surface area contributed by atoms with E-state index in [1.54, 1.807) is 0 Å². The first-order valence-electron chi connectivity index (χ1n) is 10.1. The Kier molecular flexibility index (Phi) is 4.52. The van der Waals surface area contributed by atoms with Crippen LogP contribution in [0.4, 0.5) is 0 Å². The van der Waals surface area contributed by atoms with Crippen LogP contribution in [0.3, 0.4) is 0 Å². The summed E-state index contributed by atoms with van der Waals surface area (Å²) in [6, 6.07) is 6.03. The summed E-state index contributed by atoms with van der Waals surface area (Å²) < 4.78 is 12.0. The quantitative estimate of drug-likeness (QED) is 0.697. The molecular formula is C25H22NO3. The monoisotopic (exact) mass is 384 g/mol. The van der Waals surface area contributed by atoms with Gasteiger partial charge in [0.2, 0.25) is 0 Å². The average Bonchev–Trinajstić information content (AvgIpc) is 3.56. The topological polar surface area (TPSA) is 38.8 Å². The number of Topliss-reactive ketones (excluding diaryl/α,β-unsaturated/α-hetero) is 1. The van der Waals surface area contributed by atoms with Gasteiger partial charge < -0.3 is 14.4 Å². The number of carbonyl (C=O) groups excluding carboxylic acids is 1. The van der Waals surface area contributed by atoms with Crippen LogP contribution >= 0.6 is 0 Å². The molecule has 0 spiro atoms. The SMILES string of the molecule is CCC1=C(C(=O)C2CCc3ccc(OCC4=CN5C=CC#CC5C=C4)cc3O2)[CH]1. The fourth-order valence-electron chi connectivity index (χ4n) is 3.85. The van der Waals surface area contributed by atoms with Crippen molar-refractivity contribution in [2.24, 2.45) is 0 Å². The van der Waals surface area contributed by atoms with Crippen LogP contribution < -0.4 is 9.47 Å². The molecule has 0 fully saturated rings. The molecule has 29 heavy (non-hydrogen) atoms. The van der Waals surface area contributed by atoms with E-state index in [1.165, 1.54) is 0 Å². The van der Waals surface area contributed by atoms with Gasteiger partial charge in [-0.25, -0.2) is 0 Å². The smallest absolute Gasteiger partial charge is 0.199 e. The number of rotatable bonds is 6. The maximum Gasteiger partial charge on any atom is 0.199 e. The van der Waals surface area contributed by atoms with Gasteiger partial charge in [0.05, 0.1) is 0 Å². The Hall–Kier alpha value is -3.19. The van der Waals surface area contributed by atoms with E-state index < -0.39 is 0 Å². The molecular weight excluding hydrogens is 362 g/mol. The van der Waals surface area contributed by atoms with Crippen molar-refractivity contribution < 1.29 is 14.3 Å². The molecule has 145 valence electrons.